The highest BCUT2D eigenvalue weighted by molar-refractivity contribution is 6.35. The normalized spacial score (nSPS) is 14.6. The number of amides is 1. The van der Waals surface area contributed by atoms with E-state index in [-0.39, 0.29) is 5.91 Å². The Kier molecular flexibility index (Phi) is 6.25. The Morgan fingerprint density at radius 1 is 1.12 bits per heavy atom. The maximum Gasteiger partial charge on any atom is 0.322 e. The summed E-state index contributed by atoms with van der Waals surface area (Å²) in [5.41, 5.74) is 9.72. The third-order valence-electron chi connectivity index (χ3n) is 5.09. The maximum absolute atomic E-state index is 12.3. The number of hydrogen-bond acceptors (Lipinski definition) is 5. The quantitative estimate of drug-likeness (QED) is 0.422. The Balaban J connectivity index is 1.48. The third kappa shape index (κ3) is 4.66. The Morgan fingerprint density at radius 3 is 2.59 bits per heavy atom. The number of ether oxygens (including phenoxy) is 2. The molecule has 0 spiro atoms. The molecule has 0 bridgehead atoms. The average molecular weight is 449 g/mol. The number of methoxy groups -OCH3 is 1. The van der Waals surface area contributed by atoms with Crippen molar-refractivity contribution in [3.05, 3.63) is 88.4 Å². The Labute approximate surface area is 190 Å². The third-order valence-corrected chi connectivity index (χ3v) is 5.38. The molecule has 7 heteroatoms. The highest BCUT2D eigenvalue weighted by atomic mass is 35.5. The van der Waals surface area contributed by atoms with Gasteiger partial charge in [0.05, 0.1) is 12.1 Å². The van der Waals surface area contributed by atoms with Crippen molar-refractivity contribution in [3.63, 3.8) is 0 Å². The minimum atomic E-state index is -0.711. The summed E-state index contributed by atoms with van der Waals surface area (Å²) in [4.78, 5) is 23.8. The maximum atomic E-state index is 12.3. The molecule has 1 aliphatic heterocycles. The van der Waals surface area contributed by atoms with Crippen molar-refractivity contribution in [1.82, 2.24) is 0 Å². The van der Waals surface area contributed by atoms with E-state index in [2.05, 4.69) is 10.1 Å². The monoisotopic (exact) mass is 448 g/mol. The summed E-state index contributed by atoms with van der Waals surface area (Å²) in [5.74, 6) is 0.488. The smallest absolute Gasteiger partial charge is 0.322 e. The van der Waals surface area contributed by atoms with Crippen molar-refractivity contribution in [2.75, 3.05) is 12.4 Å². The molecule has 0 aliphatic carbocycles. The summed E-state index contributed by atoms with van der Waals surface area (Å²) < 4.78 is 10.5. The molecular formula is C25H21ClN2O4. The van der Waals surface area contributed by atoms with Gasteiger partial charge in [0, 0.05) is 16.8 Å². The lowest BCUT2D eigenvalue weighted by atomic mass is 10.0. The number of nitrogens with one attached hydrogen (secondary N) is 1. The fourth-order valence-electron chi connectivity index (χ4n) is 3.45. The van der Waals surface area contributed by atoms with E-state index in [1.54, 1.807) is 30.3 Å². The number of carbonyl (C=O) groups is 2. The Hall–Kier alpha value is -3.61. The van der Waals surface area contributed by atoms with Gasteiger partial charge in [0.15, 0.2) is 0 Å². The van der Waals surface area contributed by atoms with Gasteiger partial charge in [0.25, 0.3) is 5.91 Å². The van der Waals surface area contributed by atoms with E-state index in [1.165, 1.54) is 7.11 Å². The zero-order chi connectivity index (χ0) is 22.7. The summed E-state index contributed by atoms with van der Waals surface area (Å²) in [6.45, 7) is 0. The van der Waals surface area contributed by atoms with Crippen LogP contribution in [0.2, 0.25) is 5.02 Å². The zero-order valence-corrected chi connectivity index (χ0v) is 18.1. The van der Waals surface area contributed by atoms with Crippen LogP contribution in [0.4, 0.5) is 5.69 Å². The van der Waals surface area contributed by atoms with Crippen LogP contribution in [0.1, 0.15) is 16.7 Å². The molecule has 32 heavy (non-hydrogen) atoms. The van der Waals surface area contributed by atoms with Gasteiger partial charge in [-0.1, -0.05) is 48.0 Å². The van der Waals surface area contributed by atoms with Crippen molar-refractivity contribution in [2.45, 2.75) is 12.5 Å². The number of nitrogens with two attached hydrogens (primary N) is 1. The van der Waals surface area contributed by atoms with Crippen LogP contribution in [0.3, 0.4) is 0 Å². The van der Waals surface area contributed by atoms with Crippen LogP contribution in [0.25, 0.3) is 11.6 Å². The molecule has 0 fully saturated rings. The van der Waals surface area contributed by atoms with Crippen LogP contribution in [0, 0.1) is 0 Å². The second-order valence-corrected chi connectivity index (χ2v) is 7.73. The number of anilines is 1. The van der Waals surface area contributed by atoms with Gasteiger partial charge in [-0.2, -0.15) is 0 Å². The lowest BCUT2D eigenvalue weighted by Crippen LogP contribution is -2.33. The number of carbonyl (C=O) groups excluding carboxylic acids is 2. The van der Waals surface area contributed by atoms with Crippen LogP contribution in [0.15, 0.2) is 66.7 Å². The molecule has 6 nitrogen and oxygen atoms in total. The first-order valence-corrected chi connectivity index (χ1v) is 10.3. The largest absolute Gasteiger partial charge is 0.468 e. The summed E-state index contributed by atoms with van der Waals surface area (Å²) in [7, 11) is 1.31. The van der Waals surface area contributed by atoms with Crippen molar-refractivity contribution in [2.24, 2.45) is 5.73 Å². The van der Waals surface area contributed by atoms with Gasteiger partial charge in [-0.25, -0.2) is 0 Å². The first kappa shape index (κ1) is 21.6. The number of benzene rings is 3. The average Bonchev–Trinajstić information content (AvgIpc) is 3.11. The van der Waals surface area contributed by atoms with E-state index in [4.69, 9.17) is 22.1 Å². The lowest BCUT2D eigenvalue weighted by Gasteiger charge is -2.11. The topological polar surface area (TPSA) is 90.7 Å². The molecule has 3 N–H and O–H groups in total. The lowest BCUT2D eigenvalue weighted by molar-refractivity contribution is -0.142. The molecule has 0 radical (unpaired) electrons. The van der Waals surface area contributed by atoms with Crippen LogP contribution in [-0.2, 0) is 20.7 Å². The minimum Gasteiger partial charge on any atom is -0.468 e. The van der Waals surface area contributed by atoms with Gasteiger partial charge in [0.1, 0.15) is 17.5 Å². The van der Waals surface area contributed by atoms with Crippen molar-refractivity contribution >= 4 is 40.8 Å². The molecule has 4 rings (SSSR count). The van der Waals surface area contributed by atoms with Gasteiger partial charge in [0.2, 0.25) is 0 Å². The van der Waals surface area contributed by atoms with Crippen LogP contribution < -0.4 is 15.8 Å². The number of para-hydroxylation sites is 1. The van der Waals surface area contributed by atoms with E-state index >= 15 is 0 Å². The van der Waals surface area contributed by atoms with E-state index in [9.17, 15) is 9.59 Å². The molecule has 1 atom stereocenters. The fraction of sp³-hybridized carbons (Fsp3) is 0.120. The van der Waals surface area contributed by atoms with Crippen LogP contribution in [0.5, 0.6) is 11.5 Å². The molecule has 0 unspecified atom stereocenters. The van der Waals surface area contributed by atoms with E-state index in [0.29, 0.717) is 28.5 Å². The minimum absolute atomic E-state index is 0.144. The van der Waals surface area contributed by atoms with Crippen molar-refractivity contribution in [1.29, 1.82) is 0 Å². The zero-order valence-electron chi connectivity index (χ0n) is 17.3. The summed E-state index contributed by atoms with van der Waals surface area (Å²) in [5, 5.41) is 3.27. The van der Waals surface area contributed by atoms with Gasteiger partial charge in [-0.05, 0) is 54.0 Å². The molecular weight excluding hydrogens is 428 g/mol. The van der Waals surface area contributed by atoms with E-state index < -0.39 is 12.0 Å². The number of rotatable bonds is 6. The molecule has 3 aromatic rings. The van der Waals surface area contributed by atoms with Crippen molar-refractivity contribution < 1.29 is 19.1 Å². The summed E-state index contributed by atoms with van der Waals surface area (Å²) >= 11 is 6.43. The highest BCUT2D eigenvalue weighted by Crippen LogP contribution is 2.35. The first-order valence-electron chi connectivity index (χ1n) is 9.97. The van der Waals surface area contributed by atoms with E-state index in [1.807, 2.05) is 42.5 Å². The molecule has 0 aromatic heterocycles. The number of fused-ring (bicyclic) bond motifs is 1. The standard InChI is InChI=1S/C25H21ClN2O4/c1-31-25(30)21(27)14-15-6-9-17(10-7-15)32-23-11-8-16(13-20(23)26)12-19-18-4-2-3-5-22(18)28-24(19)29/h2-13,21H,14,27H2,1H3,(H,28,29)/b19-12+/t21-/m1/s1. The highest BCUT2D eigenvalue weighted by Gasteiger charge is 2.23. The van der Waals surface area contributed by atoms with Gasteiger partial charge in [-0.3, -0.25) is 9.59 Å². The van der Waals surface area contributed by atoms with Gasteiger partial charge < -0.3 is 20.5 Å². The predicted molar refractivity (Wildman–Crippen MR) is 125 cm³/mol. The first-order chi connectivity index (χ1) is 15.4. The molecule has 0 saturated heterocycles. The van der Waals surface area contributed by atoms with E-state index in [0.717, 1.165) is 22.4 Å². The second kappa shape index (κ2) is 9.26. The summed E-state index contributed by atoms with van der Waals surface area (Å²) in [6, 6.07) is 19.4. The second-order valence-electron chi connectivity index (χ2n) is 7.33. The molecule has 162 valence electrons. The Bertz CT molecular complexity index is 1200. The predicted octanol–water partition coefficient (Wildman–Crippen LogP) is 4.67. The molecule has 1 heterocycles. The van der Waals surface area contributed by atoms with Crippen molar-refractivity contribution in [3.8, 4) is 11.5 Å². The Morgan fingerprint density at radius 2 is 1.88 bits per heavy atom. The number of esters is 1. The number of hydrogen-bond donors (Lipinski definition) is 2. The molecule has 0 saturated carbocycles. The van der Waals surface area contributed by atoms with Gasteiger partial charge in [-0.15, -0.1) is 0 Å². The number of halogens is 1. The molecule has 1 amide bonds. The van der Waals surface area contributed by atoms with Gasteiger partial charge >= 0.3 is 5.97 Å². The SMILES string of the molecule is COC(=O)[C@H](N)Cc1ccc(Oc2ccc(/C=C3/C(=O)Nc4ccccc43)cc2Cl)cc1. The fourth-order valence-corrected chi connectivity index (χ4v) is 3.68. The van der Waals surface area contributed by atoms with Crippen LogP contribution in [-0.4, -0.2) is 25.0 Å². The molecule has 1 aliphatic rings. The van der Waals surface area contributed by atoms with Crippen LogP contribution >= 0.6 is 11.6 Å². The molecule has 3 aromatic carbocycles. The summed E-state index contributed by atoms with van der Waals surface area (Å²) in [6.07, 6.45) is 2.17.